The molecule has 0 amide bonds. The van der Waals surface area contributed by atoms with Gasteiger partial charge in [-0.15, -0.1) is 12.4 Å². The third-order valence-corrected chi connectivity index (χ3v) is 3.14. The average Bonchev–Trinajstić information content (AvgIpc) is 3.15. The van der Waals surface area contributed by atoms with Crippen molar-refractivity contribution in [2.75, 3.05) is 18.4 Å². The maximum Gasteiger partial charge on any atom is 0.218 e. The molecule has 1 aliphatic carbocycles. The number of hydrogen-bond donors (Lipinski definition) is 2. The Bertz CT molecular complexity index is 380. The zero-order chi connectivity index (χ0) is 11.5. The molecule has 3 rings (SSSR count). The Kier molecular flexibility index (Phi) is 4.60. The molecule has 18 heavy (non-hydrogen) atoms. The molecule has 100 valence electrons. The van der Waals surface area contributed by atoms with Crippen molar-refractivity contribution in [3.8, 4) is 5.88 Å². The smallest absolute Gasteiger partial charge is 0.218 e. The Hall–Kier alpha value is -1.07. The number of halogens is 1. The number of anilines is 1. The van der Waals surface area contributed by atoms with E-state index in [4.69, 9.17) is 4.74 Å². The normalized spacial score (nSPS) is 20.0. The summed E-state index contributed by atoms with van der Waals surface area (Å²) in [5.41, 5.74) is 0. The molecular weight excluding hydrogens is 252 g/mol. The molecule has 1 aliphatic heterocycles. The van der Waals surface area contributed by atoms with Crippen LogP contribution in [-0.2, 0) is 0 Å². The molecule has 0 spiro atoms. The first kappa shape index (κ1) is 13.4. The Morgan fingerprint density at radius 3 is 2.67 bits per heavy atom. The first-order valence-electron chi connectivity index (χ1n) is 6.36. The monoisotopic (exact) mass is 270 g/mol. The lowest BCUT2D eigenvalue weighted by Crippen LogP contribution is -2.34. The van der Waals surface area contributed by atoms with Gasteiger partial charge in [0.25, 0.3) is 0 Å². The lowest BCUT2D eigenvalue weighted by Gasteiger charge is -2.23. The van der Waals surface area contributed by atoms with Crippen molar-refractivity contribution in [3.05, 3.63) is 12.4 Å². The summed E-state index contributed by atoms with van der Waals surface area (Å²) in [5.74, 6) is 1.57. The van der Waals surface area contributed by atoms with E-state index in [1.54, 1.807) is 6.33 Å². The van der Waals surface area contributed by atoms with E-state index in [2.05, 4.69) is 20.6 Å². The Morgan fingerprint density at radius 2 is 1.94 bits per heavy atom. The third-order valence-electron chi connectivity index (χ3n) is 3.14. The summed E-state index contributed by atoms with van der Waals surface area (Å²) in [4.78, 5) is 8.37. The molecule has 6 heteroatoms. The number of nitrogens with one attached hydrogen (secondary N) is 2. The van der Waals surface area contributed by atoms with Gasteiger partial charge in [-0.2, -0.15) is 0 Å². The number of aromatic nitrogens is 2. The Balaban J connectivity index is 0.00000120. The summed E-state index contributed by atoms with van der Waals surface area (Å²) in [6.45, 7) is 2.06. The average molecular weight is 271 g/mol. The number of piperidine rings is 1. The van der Waals surface area contributed by atoms with Crippen LogP contribution in [0.25, 0.3) is 0 Å². The van der Waals surface area contributed by atoms with Gasteiger partial charge in [-0.25, -0.2) is 9.97 Å². The van der Waals surface area contributed by atoms with E-state index in [0.29, 0.717) is 18.0 Å². The minimum atomic E-state index is 0. The molecule has 2 heterocycles. The van der Waals surface area contributed by atoms with Gasteiger partial charge >= 0.3 is 0 Å². The molecule has 0 bridgehead atoms. The molecule has 0 radical (unpaired) electrons. The first-order valence-corrected chi connectivity index (χ1v) is 6.36. The summed E-state index contributed by atoms with van der Waals surface area (Å²) in [6.07, 6.45) is 6.45. The van der Waals surface area contributed by atoms with Crippen molar-refractivity contribution in [1.82, 2.24) is 15.3 Å². The van der Waals surface area contributed by atoms with E-state index in [-0.39, 0.29) is 12.4 Å². The molecule has 0 unspecified atom stereocenters. The number of hydrogen-bond acceptors (Lipinski definition) is 5. The molecule has 2 aliphatic rings. The molecule has 1 saturated heterocycles. The minimum absolute atomic E-state index is 0. The van der Waals surface area contributed by atoms with Crippen LogP contribution in [0.3, 0.4) is 0 Å². The van der Waals surface area contributed by atoms with E-state index in [0.717, 1.165) is 31.7 Å². The molecule has 1 saturated carbocycles. The highest BCUT2D eigenvalue weighted by Crippen LogP contribution is 2.25. The largest absolute Gasteiger partial charge is 0.474 e. The van der Waals surface area contributed by atoms with Crippen LogP contribution < -0.4 is 15.4 Å². The summed E-state index contributed by atoms with van der Waals surface area (Å²) in [5, 5.41) is 6.67. The van der Waals surface area contributed by atoms with Crippen LogP contribution in [0, 0.1) is 0 Å². The maximum absolute atomic E-state index is 5.87. The fourth-order valence-electron chi connectivity index (χ4n) is 2.00. The topological polar surface area (TPSA) is 59.1 Å². The van der Waals surface area contributed by atoms with Crippen LogP contribution >= 0.6 is 12.4 Å². The standard InChI is InChI=1S/C12H18N4O.ClH/c1-2-9(1)16-11-7-12(15-8-14-11)17-10-3-5-13-6-4-10;/h7-10,13H,1-6H2,(H,14,15,16);1H. The summed E-state index contributed by atoms with van der Waals surface area (Å²) in [7, 11) is 0. The summed E-state index contributed by atoms with van der Waals surface area (Å²) in [6, 6.07) is 2.51. The summed E-state index contributed by atoms with van der Waals surface area (Å²) >= 11 is 0. The Morgan fingerprint density at radius 1 is 1.17 bits per heavy atom. The van der Waals surface area contributed by atoms with Crippen molar-refractivity contribution < 1.29 is 4.74 Å². The van der Waals surface area contributed by atoms with Gasteiger partial charge in [0.1, 0.15) is 18.2 Å². The lowest BCUT2D eigenvalue weighted by atomic mass is 10.1. The molecular formula is C12H19ClN4O. The molecule has 5 nitrogen and oxygen atoms in total. The van der Waals surface area contributed by atoms with Gasteiger partial charge < -0.3 is 15.4 Å². The second-order valence-corrected chi connectivity index (χ2v) is 4.73. The predicted molar refractivity (Wildman–Crippen MR) is 72.4 cm³/mol. The molecule has 2 fully saturated rings. The number of rotatable bonds is 4. The lowest BCUT2D eigenvalue weighted by molar-refractivity contribution is 0.156. The molecule has 0 aromatic carbocycles. The van der Waals surface area contributed by atoms with Gasteiger partial charge in [0, 0.05) is 12.1 Å². The van der Waals surface area contributed by atoms with Crippen LogP contribution in [0.2, 0.25) is 0 Å². The molecule has 2 N–H and O–H groups in total. The van der Waals surface area contributed by atoms with Crippen molar-refractivity contribution in [2.24, 2.45) is 0 Å². The predicted octanol–water partition coefficient (Wildman–Crippen LogP) is 1.60. The van der Waals surface area contributed by atoms with Crippen molar-refractivity contribution in [1.29, 1.82) is 0 Å². The van der Waals surface area contributed by atoms with Crippen molar-refractivity contribution in [3.63, 3.8) is 0 Å². The van der Waals surface area contributed by atoms with Gasteiger partial charge in [-0.1, -0.05) is 0 Å². The fourth-order valence-corrected chi connectivity index (χ4v) is 2.00. The van der Waals surface area contributed by atoms with Crippen LogP contribution in [0.4, 0.5) is 5.82 Å². The van der Waals surface area contributed by atoms with Crippen LogP contribution in [0.5, 0.6) is 5.88 Å². The fraction of sp³-hybridized carbons (Fsp3) is 0.667. The molecule has 1 aromatic rings. The van der Waals surface area contributed by atoms with E-state index >= 15 is 0 Å². The highest BCUT2D eigenvalue weighted by Gasteiger charge is 2.21. The zero-order valence-corrected chi connectivity index (χ0v) is 11.1. The van der Waals surface area contributed by atoms with E-state index in [9.17, 15) is 0 Å². The van der Waals surface area contributed by atoms with E-state index in [1.165, 1.54) is 12.8 Å². The maximum atomic E-state index is 5.87. The zero-order valence-electron chi connectivity index (χ0n) is 10.3. The molecule has 1 aromatic heterocycles. The quantitative estimate of drug-likeness (QED) is 0.870. The number of nitrogens with zero attached hydrogens (tertiary/aromatic N) is 2. The van der Waals surface area contributed by atoms with Gasteiger partial charge in [-0.05, 0) is 38.8 Å². The van der Waals surface area contributed by atoms with Crippen molar-refractivity contribution in [2.45, 2.75) is 37.8 Å². The first-order chi connectivity index (χ1) is 8.40. The van der Waals surface area contributed by atoms with Gasteiger partial charge in [-0.3, -0.25) is 0 Å². The van der Waals surface area contributed by atoms with Gasteiger partial charge in [0.05, 0.1) is 0 Å². The van der Waals surface area contributed by atoms with Gasteiger partial charge in [0.15, 0.2) is 0 Å². The van der Waals surface area contributed by atoms with Crippen LogP contribution in [0.1, 0.15) is 25.7 Å². The van der Waals surface area contributed by atoms with Crippen LogP contribution in [-0.4, -0.2) is 35.2 Å². The van der Waals surface area contributed by atoms with E-state index in [1.807, 2.05) is 6.07 Å². The van der Waals surface area contributed by atoms with Crippen molar-refractivity contribution >= 4 is 18.2 Å². The minimum Gasteiger partial charge on any atom is -0.474 e. The number of ether oxygens (including phenoxy) is 1. The Labute approximate surface area is 113 Å². The van der Waals surface area contributed by atoms with Crippen LogP contribution in [0.15, 0.2) is 12.4 Å². The SMILES string of the molecule is Cl.c1nc(NC2CC2)cc(OC2CCNCC2)n1. The summed E-state index contributed by atoms with van der Waals surface area (Å²) < 4.78 is 5.87. The molecule has 0 atom stereocenters. The highest BCUT2D eigenvalue weighted by molar-refractivity contribution is 5.85. The third kappa shape index (κ3) is 3.71. The highest BCUT2D eigenvalue weighted by atomic mass is 35.5. The van der Waals surface area contributed by atoms with Gasteiger partial charge in [0.2, 0.25) is 5.88 Å². The van der Waals surface area contributed by atoms with E-state index < -0.39 is 0 Å². The second kappa shape index (κ2) is 6.20. The second-order valence-electron chi connectivity index (χ2n) is 4.73.